The molecule has 0 rings (SSSR count). The predicted octanol–water partition coefficient (Wildman–Crippen LogP) is 18.1. The molecule has 0 aromatic carbocycles. The normalized spacial score (nSPS) is 14.3. The van der Waals surface area contributed by atoms with Gasteiger partial charge in [-0.2, -0.15) is 0 Å². The van der Waals surface area contributed by atoms with E-state index in [1.54, 1.807) is 0 Å². The molecule has 10 heteroatoms. The average molecular weight is 1030 g/mol. The molecule has 0 aliphatic carbocycles. The van der Waals surface area contributed by atoms with Gasteiger partial charge in [0, 0.05) is 12.8 Å². The maximum absolute atomic E-state index is 13.5. The Balaban J connectivity index is 5.30. The number of nitrogens with one attached hydrogen (secondary N) is 1. The molecule has 1 amide bonds. The monoisotopic (exact) mass is 1030 g/mol. The third kappa shape index (κ3) is 52.3. The topological polar surface area (TPSA) is 111 Å². The number of hydrogen-bond donors (Lipinski definition) is 2. The van der Waals surface area contributed by atoms with Gasteiger partial charge in [-0.05, 0) is 83.1 Å². The van der Waals surface area contributed by atoms with Crippen molar-refractivity contribution in [3.8, 4) is 0 Å². The number of allylic oxidation sites excluding steroid dienone is 11. The smallest absolute Gasteiger partial charge is 0.456 e. The summed E-state index contributed by atoms with van der Waals surface area (Å²) in [7, 11) is 1.48. The lowest BCUT2D eigenvalue weighted by atomic mass is 10.0. The van der Waals surface area contributed by atoms with E-state index in [0.717, 1.165) is 83.5 Å². The molecule has 0 aromatic rings. The van der Waals surface area contributed by atoms with Crippen molar-refractivity contribution >= 4 is 19.7 Å². The number of quaternary nitrogens is 1. The predicted molar refractivity (Wildman–Crippen MR) is 309 cm³/mol. The Bertz CT molecular complexity index is 1460. The summed E-state index contributed by atoms with van der Waals surface area (Å²) in [6, 6.07) is -0.858. The van der Waals surface area contributed by atoms with Crippen LogP contribution in [0.1, 0.15) is 258 Å². The quantitative estimate of drug-likeness (QED) is 0.0156. The number of carbonyl (C=O) groups excluding carboxylic acids is 2. The van der Waals surface area contributed by atoms with Crippen molar-refractivity contribution < 1.29 is 37.3 Å². The highest BCUT2D eigenvalue weighted by Gasteiger charge is 2.30. The lowest BCUT2D eigenvalue weighted by Gasteiger charge is -2.27. The minimum absolute atomic E-state index is 0.0346. The van der Waals surface area contributed by atoms with Crippen molar-refractivity contribution in [1.82, 2.24) is 5.32 Å². The summed E-state index contributed by atoms with van der Waals surface area (Å²) in [5.74, 6) is -0.523. The van der Waals surface area contributed by atoms with Gasteiger partial charge in [0.1, 0.15) is 19.3 Å². The Morgan fingerprint density at radius 2 is 0.944 bits per heavy atom. The Labute approximate surface area is 444 Å². The number of rotatable bonds is 53. The van der Waals surface area contributed by atoms with Gasteiger partial charge in [0.15, 0.2) is 0 Å². The van der Waals surface area contributed by atoms with E-state index in [4.69, 9.17) is 13.8 Å². The Hall–Kier alpha value is -2.55. The molecule has 0 radical (unpaired) electrons. The van der Waals surface area contributed by atoms with Crippen molar-refractivity contribution in [3.05, 3.63) is 72.9 Å². The van der Waals surface area contributed by atoms with Gasteiger partial charge >= 0.3 is 13.8 Å². The molecular weight excluding hydrogens is 916 g/mol. The van der Waals surface area contributed by atoms with Crippen molar-refractivity contribution in [1.29, 1.82) is 0 Å². The van der Waals surface area contributed by atoms with Crippen LogP contribution < -0.4 is 5.32 Å². The van der Waals surface area contributed by atoms with E-state index in [1.807, 2.05) is 33.3 Å². The number of hydrogen-bond acceptors (Lipinski definition) is 6. The van der Waals surface area contributed by atoms with Gasteiger partial charge in [0.05, 0.1) is 33.8 Å². The standard InChI is InChI=1S/C62H113N2O7P/c1-7-10-13-16-19-22-25-28-30-31-32-33-35-37-40-43-46-49-52-55-62(66)71-60(53-50-47-44-41-38-27-24-21-18-15-12-9-3)59(58-70-72(67,68)69-57-56-64(4,5)6)63-61(65)54-51-48-45-42-39-36-34-29-26-23-20-17-14-11-8-2/h11,14,17,19-20,22-23,26,28,30,50,53,59-60H,7-10,12-13,15-16,18,21,24-25,27,29,31-49,51-52,54-58H2,1-6H3,(H-,63,65,67,68)/p+1/b14-11+,20-17+,22-19-,26-23+,30-28-,53-50+. The van der Waals surface area contributed by atoms with Crippen LogP contribution in [0, 0.1) is 0 Å². The van der Waals surface area contributed by atoms with Crippen LogP contribution >= 0.6 is 7.82 Å². The number of unbranched alkanes of at least 4 members (excludes halogenated alkanes) is 29. The van der Waals surface area contributed by atoms with Crippen LogP contribution in [0.4, 0.5) is 0 Å². The molecule has 0 fully saturated rings. The highest BCUT2D eigenvalue weighted by atomic mass is 31.2. The van der Waals surface area contributed by atoms with Gasteiger partial charge in [-0.15, -0.1) is 0 Å². The maximum atomic E-state index is 13.5. The number of ether oxygens (including phenoxy) is 1. The molecule has 3 atom stereocenters. The van der Waals surface area contributed by atoms with Crippen LogP contribution in [0.2, 0.25) is 0 Å². The molecular formula is C62H114N2O7P+. The number of carbonyl (C=O) groups is 2. The second-order valence-electron chi connectivity index (χ2n) is 21.2. The van der Waals surface area contributed by atoms with E-state index >= 15 is 0 Å². The third-order valence-corrected chi connectivity index (χ3v) is 13.9. The molecule has 0 bridgehead atoms. The first kappa shape index (κ1) is 69.5. The van der Waals surface area contributed by atoms with Crippen LogP contribution in [-0.2, 0) is 27.9 Å². The van der Waals surface area contributed by atoms with Crippen LogP contribution in [-0.4, -0.2) is 74.3 Å². The zero-order valence-corrected chi connectivity index (χ0v) is 48.6. The number of phosphoric acid groups is 1. The number of nitrogens with zero attached hydrogens (tertiary/aromatic N) is 1. The first-order valence-corrected chi connectivity index (χ1v) is 31.3. The van der Waals surface area contributed by atoms with Crippen LogP contribution in [0.25, 0.3) is 0 Å². The average Bonchev–Trinajstić information content (AvgIpc) is 3.34. The number of amides is 1. The largest absolute Gasteiger partial charge is 0.472 e. The second kappa shape index (κ2) is 51.9. The lowest BCUT2D eigenvalue weighted by Crippen LogP contribution is -2.47. The highest BCUT2D eigenvalue weighted by molar-refractivity contribution is 7.47. The molecule has 0 spiro atoms. The van der Waals surface area contributed by atoms with Crippen molar-refractivity contribution in [3.63, 3.8) is 0 Å². The molecule has 0 heterocycles. The number of esters is 1. The summed E-state index contributed by atoms with van der Waals surface area (Å²) in [5, 5.41) is 3.04. The van der Waals surface area contributed by atoms with E-state index in [0.29, 0.717) is 17.4 Å². The first-order chi connectivity index (χ1) is 34.9. The van der Waals surface area contributed by atoms with Gasteiger partial charge < -0.3 is 19.4 Å². The molecule has 72 heavy (non-hydrogen) atoms. The summed E-state index contributed by atoms with van der Waals surface area (Å²) < 4.78 is 30.6. The molecule has 3 unspecified atom stereocenters. The molecule has 0 aliphatic rings. The van der Waals surface area contributed by atoms with Gasteiger partial charge in [-0.3, -0.25) is 18.6 Å². The molecule has 0 saturated heterocycles. The van der Waals surface area contributed by atoms with Gasteiger partial charge in [0.25, 0.3) is 0 Å². The molecule has 2 N–H and O–H groups in total. The van der Waals surface area contributed by atoms with E-state index in [9.17, 15) is 19.0 Å². The van der Waals surface area contributed by atoms with E-state index < -0.39 is 20.0 Å². The third-order valence-electron chi connectivity index (χ3n) is 12.9. The maximum Gasteiger partial charge on any atom is 0.472 e. The summed E-state index contributed by atoms with van der Waals surface area (Å²) >= 11 is 0. The van der Waals surface area contributed by atoms with Crippen molar-refractivity contribution in [2.45, 2.75) is 270 Å². The lowest BCUT2D eigenvalue weighted by molar-refractivity contribution is -0.870. The van der Waals surface area contributed by atoms with Crippen LogP contribution in [0.5, 0.6) is 0 Å². The fourth-order valence-corrected chi connectivity index (χ4v) is 9.06. The summed E-state index contributed by atoms with van der Waals surface area (Å²) in [5.41, 5.74) is 0. The van der Waals surface area contributed by atoms with E-state index in [2.05, 4.69) is 86.8 Å². The van der Waals surface area contributed by atoms with Gasteiger partial charge in [-0.1, -0.05) is 235 Å². The molecule has 418 valence electrons. The second-order valence-corrected chi connectivity index (χ2v) is 22.7. The van der Waals surface area contributed by atoms with Gasteiger partial charge in [0.2, 0.25) is 5.91 Å². The van der Waals surface area contributed by atoms with Gasteiger partial charge in [-0.25, -0.2) is 4.57 Å². The van der Waals surface area contributed by atoms with E-state index in [-0.39, 0.29) is 31.5 Å². The first-order valence-electron chi connectivity index (χ1n) is 29.8. The Morgan fingerprint density at radius 1 is 0.514 bits per heavy atom. The molecule has 0 aromatic heterocycles. The van der Waals surface area contributed by atoms with Crippen LogP contribution in [0.3, 0.4) is 0 Å². The molecule has 0 saturated carbocycles. The zero-order chi connectivity index (χ0) is 52.9. The van der Waals surface area contributed by atoms with Crippen molar-refractivity contribution in [2.75, 3.05) is 40.9 Å². The van der Waals surface area contributed by atoms with Crippen molar-refractivity contribution in [2.24, 2.45) is 0 Å². The number of phosphoric ester groups is 1. The Morgan fingerprint density at radius 3 is 1.46 bits per heavy atom. The zero-order valence-electron chi connectivity index (χ0n) is 47.7. The fourth-order valence-electron chi connectivity index (χ4n) is 8.32. The summed E-state index contributed by atoms with van der Waals surface area (Å²) in [6.45, 7) is 6.85. The highest BCUT2D eigenvalue weighted by Crippen LogP contribution is 2.43. The summed E-state index contributed by atoms with van der Waals surface area (Å²) in [4.78, 5) is 37.6. The minimum atomic E-state index is -4.45. The summed E-state index contributed by atoms with van der Waals surface area (Å²) in [6.07, 6.45) is 66.0. The fraction of sp³-hybridized carbons (Fsp3) is 0.774. The van der Waals surface area contributed by atoms with Crippen LogP contribution in [0.15, 0.2) is 72.9 Å². The number of likely N-dealkylation sites (N-methyl/N-ethyl adjacent to an activating group) is 1. The SMILES string of the molecule is CC/C=C/C=C/C=C/CCCCCCCCCC(=O)NC(COP(=O)(O)OCC[N+](C)(C)C)C(/C=C/CCCCCCCCCCCC)OC(=O)CCCCCCCCCCC/C=C\C/C=C\CCCCC. The minimum Gasteiger partial charge on any atom is -0.456 e. The van der Waals surface area contributed by atoms with E-state index in [1.165, 1.54) is 141 Å². The molecule has 9 nitrogen and oxygen atoms in total. The molecule has 0 aliphatic heterocycles. The Kier molecular flexibility index (Phi) is 50.1.